The minimum Gasteiger partial charge on any atom is -0.354 e. The maximum atomic E-state index is 13.5. The number of anilines is 1. The molecular weight excluding hydrogens is 337 g/mol. The zero-order chi connectivity index (χ0) is 18.4. The molecule has 0 amide bonds. The molecule has 3 nitrogen and oxygen atoms in total. The highest BCUT2D eigenvalue weighted by Crippen LogP contribution is 2.49. The van der Waals surface area contributed by atoms with Crippen LogP contribution in [-0.2, 0) is 6.42 Å². The van der Waals surface area contributed by atoms with Gasteiger partial charge in [0, 0.05) is 31.9 Å². The molecule has 1 aliphatic heterocycles. The van der Waals surface area contributed by atoms with Crippen molar-refractivity contribution in [3.63, 3.8) is 0 Å². The van der Waals surface area contributed by atoms with E-state index in [1.807, 2.05) is 12.1 Å². The summed E-state index contributed by atoms with van der Waals surface area (Å²) >= 11 is 0. The van der Waals surface area contributed by atoms with Crippen LogP contribution in [0.1, 0.15) is 43.4 Å². The van der Waals surface area contributed by atoms with Crippen LogP contribution in [0.5, 0.6) is 0 Å². The minimum absolute atomic E-state index is 0.168. The fraction of sp³-hybridized carbons (Fsp3) is 0.522. The molecule has 2 aromatic rings. The van der Waals surface area contributed by atoms with Crippen molar-refractivity contribution in [3.05, 3.63) is 47.4 Å². The molecular formula is C23H28FN3. The summed E-state index contributed by atoms with van der Waals surface area (Å²) in [5.41, 5.74) is 5.18. The van der Waals surface area contributed by atoms with Crippen molar-refractivity contribution in [2.75, 3.05) is 37.6 Å². The lowest BCUT2D eigenvalue weighted by Crippen LogP contribution is -2.46. The Morgan fingerprint density at radius 2 is 1.85 bits per heavy atom. The second-order valence-corrected chi connectivity index (χ2v) is 8.40. The van der Waals surface area contributed by atoms with E-state index in [-0.39, 0.29) is 5.82 Å². The second kappa shape index (κ2) is 6.90. The Labute approximate surface area is 161 Å². The molecule has 2 heterocycles. The lowest BCUT2D eigenvalue weighted by Gasteiger charge is -2.36. The number of pyridine rings is 1. The number of aromatic nitrogens is 1. The number of hydrogen-bond donors (Lipinski definition) is 0. The molecule has 4 heteroatoms. The summed E-state index contributed by atoms with van der Waals surface area (Å²) in [4.78, 5) is 10.1. The molecule has 2 unspecified atom stereocenters. The average Bonchev–Trinajstić information content (AvgIpc) is 3.09. The average molecular weight is 365 g/mol. The summed E-state index contributed by atoms with van der Waals surface area (Å²) in [6.45, 7) is 7.63. The van der Waals surface area contributed by atoms with Gasteiger partial charge in [0.2, 0.25) is 0 Å². The molecule has 2 atom stereocenters. The van der Waals surface area contributed by atoms with Crippen molar-refractivity contribution in [2.45, 2.75) is 38.5 Å². The van der Waals surface area contributed by atoms with Crippen LogP contribution in [0, 0.1) is 11.7 Å². The van der Waals surface area contributed by atoms with Crippen molar-refractivity contribution >= 4 is 5.82 Å². The van der Waals surface area contributed by atoms with E-state index in [4.69, 9.17) is 4.98 Å². The number of rotatable bonds is 3. The Morgan fingerprint density at radius 1 is 1.07 bits per heavy atom. The number of benzene rings is 1. The molecule has 1 aromatic heterocycles. The van der Waals surface area contributed by atoms with E-state index >= 15 is 0 Å². The van der Waals surface area contributed by atoms with E-state index in [2.05, 4.69) is 22.8 Å². The van der Waals surface area contributed by atoms with Gasteiger partial charge < -0.3 is 9.80 Å². The minimum atomic E-state index is -0.168. The molecule has 0 N–H and O–H groups in total. The number of likely N-dealkylation sites (N-methyl/N-ethyl adjacent to an activating group) is 1. The van der Waals surface area contributed by atoms with E-state index in [0.717, 1.165) is 56.4 Å². The van der Waals surface area contributed by atoms with Crippen molar-refractivity contribution in [1.29, 1.82) is 0 Å². The Hall–Kier alpha value is -1.94. The highest BCUT2D eigenvalue weighted by Gasteiger charge is 2.36. The third kappa shape index (κ3) is 3.14. The molecule has 2 fully saturated rings. The molecule has 5 rings (SSSR count). The number of hydrogen-bond acceptors (Lipinski definition) is 3. The third-order valence-corrected chi connectivity index (χ3v) is 6.85. The van der Waals surface area contributed by atoms with Gasteiger partial charge in [0.15, 0.2) is 0 Å². The van der Waals surface area contributed by atoms with Crippen LogP contribution in [0.4, 0.5) is 10.2 Å². The normalized spacial score (nSPS) is 24.9. The lowest BCUT2D eigenvalue weighted by molar-refractivity contribution is 0.270. The lowest BCUT2D eigenvalue weighted by atomic mass is 9.81. The third-order valence-electron chi connectivity index (χ3n) is 6.85. The Morgan fingerprint density at radius 3 is 2.59 bits per heavy atom. The first-order valence-electron chi connectivity index (χ1n) is 10.5. The van der Waals surface area contributed by atoms with Gasteiger partial charge in [0.1, 0.15) is 11.6 Å². The molecule has 27 heavy (non-hydrogen) atoms. The number of nitrogens with zero attached hydrogens (tertiary/aromatic N) is 3. The second-order valence-electron chi connectivity index (χ2n) is 8.40. The van der Waals surface area contributed by atoms with Crippen molar-refractivity contribution in [2.24, 2.45) is 5.92 Å². The summed E-state index contributed by atoms with van der Waals surface area (Å²) in [6, 6.07) is 9.33. The summed E-state index contributed by atoms with van der Waals surface area (Å²) in [5.74, 6) is 2.39. The largest absolute Gasteiger partial charge is 0.354 e. The van der Waals surface area contributed by atoms with Crippen LogP contribution in [0.25, 0.3) is 11.1 Å². The van der Waals surface area contributed by atoms with Crippen LogP contribution < -0.4 is 4.90 Å². The van der Waals surface area contributed by atoms with Gasteiger partial charge in [-0.15, -0.1) is 0 Å². The number of halogens is 1. The van der Waals surface area contributed by atoms with Gasteiger partial charge >= 0.3 is 0 Å². The van der Waals surface area contributed by atoms with Gasteiger partial charge in [-0.05, 0) is 79.0 Å². The first-order valence-corrected chi connectivity index (χ1v) is 10.5. The van der Waals surface area contributed by atoms with Crippen molar-refractivity contribution < 1.29 is 4.39 Å². The van der Waals surface area contributed by atoms with E-state index in [0.29, 0.717) is 5.92 Å². The maximum absolute atomic E-state index is 13.5. The topological polar surface area (TPSA) is 19.4 Å². The highest BCUT2D eigenvalue weighted by molar-refractivity contribution is 5.73. The summed E-state index contributed by atoms with van der Waals surface area (Å²) < 4.78 is 13.5. The van der Waals surface area contributed by atoms with E-state index < -0.39 is 0 Å². The monoisotopic (exact) mass is 365 g/mol. The predicted molar refractivity (Wildman–Crippen MR) is 108 cm³/mol. The Bertz CT molecular complexity index is 824. The van der Waals surface area contributed by atoms with Crippen LogP contribution in [0.15, 0.2) is 30.3 Å². The standard InChI is InChI=1S/C23H28FN3/c1-2-26-9-11-27(12-10-26)22-15-20(17-5-7-19(24)8-6-17)23-18-4-3-16(13-18)14-21(23)25-22/h5-8,15-16,18H,2-4,9-14H2,1H3. The van der Waals surface area contributed by atoms with Crippen LogP contribution in [0.2, 0.25) is 0 Å². The zero-order valence-corrected chi connectivity index (χ0v) is 16.1. The molecule has 1 saturated carbocycles. The smallest absolute Gasteiger partial charge is 0.129 e. The Balaban J connectivity index is 1.57. The number of fused-ring (bicyclic) bond motifs is 4. The first-order chi connectivity index (χ1) is 13.2. The van der Waals surface area contributed by atoms with E-state index in [1.165, 1.54) is 36.1 Å². The van der Waals surface area contributed by atoms with Gasteiger partial charge in [-0.25, -0.2) is 9.37 Å². The molecule has 142 valence electrons. The van der Waals surface area contributed by atoms with Crippen LogP contribution in [-0.4, -0.2) is 42.6 Å². The molecule has 1 aromatic carbocycles. The quantitative estimate of drug-likeness (QED) is 0.800. The SMILES string of the molecule is CCN1CCN(c2cc(-c3ccc(F)cc3)c3c(n2)CC2CCC3C2)CC1. The van der Waals surface area contributed by atoms with Crippen molar-refractivity contribution in [1.82, 2.24) is 9.88 Å². The van der Waals surface area contributed by atoms with Gasteiger partial charge in [0.25, 0.3) is 0 Å². The first kappa shape index (κ1) is 17.2. The summed E-state index contributed by atoms with van der Waals surface area (Å²) in [5, 5.41) is 0. The molecule has 2 bridgehead atoms. The Kier molecular flexibility index (Phi) is 4.39. The van der Waals surface area contributed by atoms with Gasteiger partial charge in [0.05, 0.1) is 0 Å². The fourth-order valence-corrected chi connectivity index (χ4v) is 5.32. The zero-order valence-electron chi connectivity index (χ0n) is 16.1. The molecule has 0 radical (unpaired) electrons. The van der Waals surface area contributed by atoms with Gasteiger partial charge in [-0.1, -0.05) is 19.1 Å². The van der Waals surface area contributed by atoms with E-state index in [1.54, 1.807) is 12.1 Å². The molecule has 1 saturated heterocycles. The van der Waals surface area contributed by atoms with Crippen molar-refractivity contribution in [3.8, 4) is 11.1 Å². The van der Waals surface area contributed by atoms with E-state index in [9.17, 15) is 4.39 Å². The molecule has 0 spiro atoms. The molecule has 2 aliphatic carbocycles. The number of piperazine rings is 1. The fourth-order valence-electron chi connectivity index (χ4n) is 5.32. The van der Waals surface area contributed by atoms with Gasteiger partial charge in [-0.2, -0.15) is 0 Å². The molecule has 3 aliphatic rings. The van der Waals surface area contributed by atoms with Gasteiger partial charge in [-0.3, -0.25) is 0 Å². The summed E-state index contributed by atoms with van der Waals surface area (Å²) in [7, 11) is 0. The summed E-state index contributed by atoms with van der Waals surface area (Å²) in [6.07, 6.45) is 5.02. The predicted octanol–water partition coefficient (Wildman–Crippen LogP) is 4.47. The maximum Gasteiger partial charge on any atom is 0.129 e. The highest BCUT2D eigenvalue weighted by atomic mass is 19.1. The van der Waals surface area contributed by atoms with Crippen LogP contribution in [0.3, 0.4) is 0 Å². The van der Waals surface area contributed by atoms with Crippen LogP contribution >= 0.6 is 0 Å².